The topological polar surface area (TPSA) is 47.6 Å². The van der Waals surface area contributed by atoms with Crippen LogP contribution in [0.2, 0.25) is 0 Å². The van der Waals surface area contributed by atoms with Crippen molar-refractivity contribution >= 4 is 7.27 Å². The molecule has 0 aromatic rings. The van der Waals surface area contributed by atoms with E-state index in [2.05, 4.69) is 9.55 Å². The molecule has 0 aliphatic carbocycles. The molecule has 0 saturated heterocycles. The summed E-state index contributed by atoms with van der Waals surface area (Å²) in [6.07, 6.45) is 0. The van der Waals surface area contributed by atoms with Crippen LogP contribution in [0.25, 0.3) is 0 Å². The summed E-state index contributed by atoms with van der Waals surface area (Å²) in [5.74, 6) is 0. The van der Waals surface area contributed by atoms with Gasteiger partial charge in [-0.05, 0) is 0 Å². The van der Waals surface area contributed by atoms with E-state index in [1.165, 1.54) is 7.27 Å². The number of hydrogen-bond donors (Lipinski definition) is 1. The molecular weight excluding hydrogens is 90.9 g/mol. The maximum atomic E-state index is 5.10. The first-order chi connectivity index (χ1) is 3.41. The van der Waals surface area contributed by atoms with Crippen LogP contribution in [0.15, 0.2) is 4.90 Å². The molecule has 0 spiro atoms. The molecule has 0 amide bonds. The number of nitrogens with zero attached hydrogens (tertiary/aromatic N) is 1. The summed E-state index contributed by atoms with van der Waals surface area (Å²) in [5, 5.41) is 0. The van der Waals surface area contributed by atoms with Gasteiger partial charge in [-0.3, -0.25) is 0 Å². The molecule has 0 fully saturated rings. The molecule has 0 unspecified atom stereocenters. The zero-order chi connectivity index (χ0) is 5.54. The van der Waals surface area contributed by atoms with Crippen LogP contribution in [-0.4, -0.2) is 27.5 Å². The molecule has 0 atom stereocenters. The van der Waals surface area contributed by atoms with E-state index in [0.717, 1.165) is 0 Å². The third-order valence-electron chi connectivity index (χ3n) is 0.438. The van der Waals surface area contributed by atoms with E-state index in [9.17, 15) is 0 Å². The molecule has 0 aliphatic heterocycles. The molecule has 0 rings (SSSR count). The summed E-state index contributed by atoms with van der Waals surface area (Å²) in [7, 11) is 2.94. The average molecular weight is 99.9 g/mol. The Bertz CT molecular complexity index is 56.9. The fraction of sp³-hybridized carbons (Fsp3) is 1.00. The predicted molar refractivity (Wildman–Crippen MR) is 29.1 cm³/mol. The van der Waals surface area contributed by atoms with Crippen LogP contribution in [0.3, 0.4) is 0 Å². The Morgan fingerprint density at radius 2 is 2.57 bits per heavy atom. The van der Waals surface area contributed by atoms with Gasteiger partial charge in [-0.2, -0.15) is 0 Å². The van der Waals surface area contributed by atoms with Gasteiger partial charge in [-0.25, -0.2) is 0 Å². The molecule has 3 nitrogen and oxygen atoms in total. The van der Waals surface area contributed by atoms with Crippen LogP contribution < -0.4 is 5.73 Å². The second-order valence-corrected chi connectivity index (χ2v) is 1.04. The summed E-state index contributed by atoms with van der Waals surface area (Å²) >= 11 is 0. The first kappa shape index (κ1) is 6.62. The van der Waals surface area contributed by atoms with Crippen molar-refractivity contribution in [1.82, 2.24) is 0 Å². The van der Waals surface area contributed by atoms with Gasteiger partial charge < -0.3 is 0 Å². The molecule has 0 aromatic carbocycles. The van der Waals surface area contributed by atoms with Crippen LogP contribution in [-0.2, 0) is 4.65 Å². The van der Waals surface area contributed by atoms with Gasteiger partial charge in [0.05, 0.1) is 0 Å². The van der Waals surface area contributed by atoms with Gasteiger partial charge in [-0.15, -0.1) is 0 Å². The van der Waals surface area contributed by atoms with Crippen LogP contribution in [0.5, 0.6) is 0 Å². The molecular formula is C3H9BN2O. The fourth-order valence-electron chi connectivity index (χ4n) is 0.202. The van der Waals surface area contributed by atoms with E-state index in [4.69, 9.17) is 5.73 Å². The van der Waals surface area contributed by atoms with Crippen molar-refractivity contribution in [2.45, 2.75) is 0 Å². The summed E-state index contributed by atoms with van der Waals surface area (Å²) < 4.78 is 4.50. The summed E-state index contributed by atoms with van der Waals surface area (Å²) in [5.41, 5.74) is 5.10. The van der Waals surface area contributed by atoms with Crippen LogP contribution in [0.1, 0.15) is 0 Å². The van der Waals surface area contributed by atoms with Crippen molar-refractivity contribution < 1.29 is 4.65 Å². The molecule has 7 heavy (non-hydrogen) atoms. The van der Waals surface area contributed by atoms with Crippen LogP contribution in [0.4, 0.5) is 0 Å². The molecule has 0 heterocycles. The molecule has 0 radical (unpaired) electrons. The Morgan fingerprint density at radius 1 is 1.86 bits per heavy atom. The van der Waals surface area contributed by atoms with Crippen LogP contribution in [0, 0.1) is 0 Å². The van der Waals surface area contributed by atoms with E-state index >= 15 is 0 Å². The van der Waals surface area contributed by atoms with Crippen molar-refractivity contribution in [3.8, 4) is 0 Å². The van der Waals surface area contributed by atoms with Gasteiger partial charge in [0.25, 0.3) is 0 Å². The zero-order valence-electron chi connectivity index (χ0n) is 4.42. The normalized spacial score (nSPS) is 8.86. The average Bonchev–Trinajstić information content (AvgIpc) is 1.69. The quantitative estimate of drug-likeness (QED) is 0.481. The van der Waals surface area contributed by atoms with Gasteiger partial charge in [0.2, 0.25) is 0 Å². The van der Waals surface area contributed by atoms with Gasteiger partial charge in [0.1, 0.15) is 0 Å². The van der Waals surface area contributed by atoms with Crippen molar-refractivity contribution in [2.75, 3.05) is 20.2 Å². The van der Waals surface area contributed by atoms with E-state index in [0.29, 0.717) is 13.1 Å². The number of hydrogen-bond acceptors (Lipinski definition) is 3. The van der Waals surface area contributed by atoms with E-state index in [-0.39, 0.29) is 0 Å². The predicted octanol–water partition coefficient (Wildman–Crippen LogP) is -0.606. The maximum absolute atomic E-state index is 5.10. The van der Waals surface area contributed by atoms with Crippen molar-refractivity contribution in [2.24, 2.45) is 10.6 Å². The molecule has 0 aliphatic rings. The Labute approximate surface area is 43.8 Å². The van der Waals surface area contributed by atoms with E-state index in [1.807, 2.05) is 0 Å². The Morgan fingerprint density at radius 3 is 3.00 bits per heavy atom. The van der Waals surface area contributed by atoms with Crippen LogP contribution >= 0.6 is 0 Å². The third kappa shape index (κ3) is 5.62. The summed E-state index contributed by atoms with van der Waals surface area (Å²) in [6.45, 7) is 1.23. The summed E-state index contributed by atoms with van der Waals surface area (Å²) in [4.78, 5) is 3.74. The minimum atomic E-state index is 0.583. The Hall–Kier alpha value is -0.375. The van der Waals surface area contributed by atoms with Gasteiger partial charge >= 0.3 is 42.8 Å². The van der Waals surface area contributed by atoms with E-state index < -0.39 is 0 Å². The van der Waals surface area contributed by atoms with Crippen molar-refractivity contribution in [3.05, 3.63) is 0 Å². The standard InChI is InChI=1S/C3H9BN2O/c1-7-4-6-3-2-5/h2-3,5H2,1H3. The van der Waals surface area contributed by atoms with E-state index in [1.54, 1.807) is 7.11 Å². The number of nitrogens with two attached hydrogens (primary N) is 1. The monoisotopic (exact) mass is 100 g/mol. The second kappa shape index (κ2) is 5.62. The van der Waals surface area contributed by atoms with Crippen molar-refractivity contribution in [1.29, 1.82) is 0 Å². The second-order valence-electron chi connectivity index (χ2n) is 1.04. The zero-order valence-corrected chi connectivity index (χ0v) is 4.42. The molecule has 2 N–H and O–H groups in total. The molecule has 0 saturated carbocycles. The summed E-state index contributed by atoms with van der Waals surface area (Å²) in [6, 6.07) is 0. The first-order valence-electron chi connectivity index (χ1n) is 2.13. The fourth-order valence-corrected chi connectivity index (χ4v) is 0.202. The first-order valence-corrected chi connectivity index (χ1v) is 2.13. The Balaban J connectivity index is 2.78. The molecule has 40 valence electrons. The minimum absolute atomic E-state index is 0.583. The molecule has 0 aromatic heterocycles. The van der Waals surface area contributed by atoms with Gasteiger partial charge in [0, 0.05) is 0 Å². The number of rotatable bonds is 3. The molecule has 0 bridgehead atoms. The molecule has 4 heteroatoms. The third-order valence-corrected chi connectivity index (χ3v) is 0.438. The Kier molecular flexibility index (Phi) is 5.32. The van der Waals surface area contributed by atoms with Gasteiger partial charge in [-0.1, -0.05) is 0 Å². The van der Waals surface area contributed by atoms with Crippen molar-refractivity contribution in [3.63, 3.8) is 0 Å². The van der Waals surface area contributed by atoms with Gasteiger partial charge in [0.15, 0.2) is 0 Å². The SMILES string of the molecule is CO/B=N\CCN.